The predicted molar refractivity (Wildman–Crippen MR) is 75.0 cm³/mol. The number of aromatic nitrogens is 1. The lowest BCUT2D eigenvalue weighted by Crippen LogP contribution is -2.37. The molecule has 102 valence electrons. The van der Waals surface area contributed by atoms with Crippen molar-refractivity contribution in [2.75, 3.05) is 6.54 Å². The largest absolute Gasteiger partial charge is 0.305 e. The number of carbonyl (C=O) groups excluding carboxylic acids is 2. The van der Waals surface area contributed by atoms with Crippen molar-refractivity contribution < 1.29 is 9.59 Å². The topological polar surface area (TPSA) is 71.1 Å². The van der Waals surface area contributed by atoms with E-state index in [0.717, 1.165) is 22.9 Å². The molecule has 1 aromatic carbocycles. The Morgan fingerprint density at radius 2 is 2.10 bits per heavy atom. The van der Waals surface area contributed by atoms with Gasteiger partial charge in [0, 0.05) is 18.1 Å². The molecular weight excluding hydrogens is 254 g/mol. The maximum atomic E-state index is 11.4. The average Bonchev–Trinajstić information content (AvgIpc) is 2.77. The van der Waals surface area contributed by atoms with Crippen LogP contribution in [0.2, 0.25) is 0 Å². The first kappa shape index (κ1) is 12.7. The Balaban J connectivity index is 1.66. The minimum absolute atomic E-state index is 0.209. The van der Waals surface area contributed by atoms with Crippen LogP contribution in [0, 0.1) is 0 Å². The summed E-state index contributed by atoms with van der Waals surface area (Å²) >= 11 is 0. The number of hydrogen-bond donors (Lipinski definition) is 2. The molecule has 3 rings (SSSR count). The lowest BCUT2D eigenvalue weighted by Gasteiger charge is -2.10. The molecule has 1 saturated heterocycles. The normalized spacial score (nSPS) is 18.5. The lowest BCUT2D eigenvalue weighted by atomic mass is 10.1. The quantitative estimate of drug-likeness (QED) is 0.805. The molecule has 1 unspecified atom stereocenters. The highest BCUT2D eigenvalue weighted by atomic mass is 16.2. The summed E-state index contributed by atoms with van der Waals surface area (Å²) in [6, 6.07) is 9.62. The summed E-state index contributed by atoms with van der Waals surface area (Å²) in [5, 5.41) is 6.52. The fourth-order valence-electron chi connectivity index (χ4n) is 2.47. The molecule has 1 aromatic heterocycles. The summed E-state index contributed by atoms with van der Waals surface area (Å²) in [4.78, 5) is 26.9. The summed E-state index contributed by atoms with van der Waals surface area (Å²) in [6.45, 7) is 0.640. The Hall–Kier alpha value is -2.27. The van der Waals surface area contributed by atoms with Crippen LogP contribution in [0.15, 0.2) is 36.5 Å². The van der Waals surface area contributed by atoms with E-state index in [4.69, 9.17) is 0 Å². The number of para-hydroxylation sites is 1. The van der Waals surface area contributed by atoms with Gasteiger partial charge in [-0.2, -0.15) is 0 Å². The first-order chi connectivity index (χ1) is 9.74. The van der Waals surface area contributed by atoms with Crippen molar-refractivity contribution in [2.24, 2.45) is 0 Å². The standard InChI is InChI=1S/C15H15N3O2/c19-13-9-12(15(20)18-13)16-8-6-11-4-1-3-10-5-2-7-17-14(10)11/h1-5,7,12,16H,6,8-9H2,(H,18,19,20). The van der Waals surface area contributed by atoms with E-state index in [0.29, 0.717) is 6.54 Å². The van der Waals surface area contributed by atoms with Crippen molar-refractivity contribution in [1.82, 2.24) is 15.6 Å². The Labute approximate surface area is 116 Å². The Kier molecular flexibility index (Phi) is 3.43. The van der Waals surface area contributed by atoms with Crippen LogP contribution in [0.3, 0.4) is 0 Å². The highest BCUT2D eigenvalue weighted by Gasteiger charge is 2.29. The van der Waals surface area contributed by atoms with Crippen LogP contribution in [-0.2, 0) is 16.0 Å². The third kappa shape index (κ3) is 2.53. The summed E-state index contributed by atoms with van der Waals surface area (Å²) < 4.78 is 0. The van der Waals surface area contributed by atoms with Crippen molar-refractivity contribution in [3.8, 4) is 0 Å². The number of fused-ring (bicyclic) bond motifs is 1. The van der Waals surface area contributed by atoms with E-state index in [1.165, 1.54) is 0 Å². The van der Waals surface area contributed by atoms with E-state index in [1.807, 2.05) is 30.3 Å². The molecule has 0 bridgehead atoms. The van der Waals surface area contributed by atoms with E-state index in [2.05, 4.69) is 15.6 Å². The van der Waals surface area contributed by atoms with Gasteiger partial charge in [-0.25, -0.2) is 0 Å². The molecule has 1 atom stereocenters. The van der Waals surface area contributed by atoms with E-state index < -0.39 is 6.04 Å². The van der Waals surface area contributed by atoms with E-state index in [-0.39, 0.29) is 18.2 Å². The van der Waals surface area contributed by atoms with Crippen molar-refractivity contribution in [3.63, 3.8) is 0 Å². The first-order valence-corrected chi connectivity index (χ1v) is 6.64. The van der Waals surface area contributed by atoms with Gasteiger partial charge < -0.3 is 5.32 Å². The van der Waals surface area contributed by atoms with Crippen LogP contribution in [0.4, 0.5) is 0 Å². The third-order valence-electron chi connectivity index (χ3n) is 3.47. The van der Waals surface area contributed by atoms with Crippen LogP contribution in [0.5, 0.6) is 0 Å². The maximum absolute atomic E-state index is 11.4. The fraction of sp³-hybridized carbons (Fsp3) is 0.267. The zero-order valence-corrected chi connectivity index (χ0v) is 10.9. The van der Waals surface area contributed by atoms with Crippen LogP contribution in [-0.4, -0.2) is 29.4 Å². The number of rotatable bonds is 4. The van der Waals surface area contributed by atoms with Crippen LogP contribution in [0.25, 0.3) is 10.9 Å². The molecule has 1 fully saturated rings. The number of nitrogens with zero attached hydrogens (tertiary/aromatic N) is 1. The summed E-state index contributed by atoms with van der Waals surface area (Å²) in [5.74, 6) is -0.439. The minimum Gasteiger partial charge on any atom is -0.305 e. The zero-order chi connectivity index (χ0) is 13.9. The molecule has 0 saturated carbocycles. The van der Waals surface area contributed by atoms with Crippen LogP contribution >= 0.6 is 0 Å². The molecule has 0 radical (unpaired) electrons. The van der Waals surface area contributed by atoms with Crippen molar-refractivity contribution in [1.29, 1.82) is 0 Å². The van der Waals surface area contributed by atoms with Gasteiger partial charge in [0.15, 0.2) is 0 Å². The van der Waals surface area contributed by atoms with Gasteiger partial charge in [-0.05, 0) is 18.1 Å². The number of pyridine rings is 1. The van der Waals surface area contributed by atoms with Crippen molar-refractivity contribution >= 4 is 22.7 Å². The second kappa shape index (κ2) is 5.38. The Morgan fingerprint density at radius 3 is 2.90 bits per heavy atom. The Morgan fingerprint density at radius 1 is 1.25 bits per heavy atom. The van der Waals surface area contributed by atoms with E-state index in [1.54, 1.807) is 6.20 Å². The molecule has 2 heterocycles. The molecule has 2 N–H and O–H groups in total. The van der Waals surface area contributed by atoms with Gasteiger partial charge in [0.05, 0.1) is 18.0 Å². The summed E-state index contributed by atoms with van der Waals surface area (Å²) in [5.41, 5.74) is 2.13. The second-order valence-corrected chi connectivity index (χ2v) is 4.87. The number of carbonyl (C=O) groups is 2. The third-order valence-corrected chi connectivity index (χ3v) is 3.47. The van der Waals surface area contributed by atoms with E-state index in [9.17, 15) is 9.59 Å². The van der Waals surface area contributed by atoms with Gasteiger partial charge in [-0.1, -0.05) is 24.3 Å². The number of benzene rings is 1. The molecule has 1 aliphatic rings. The predicted octanol–water partition coefficient (Wildman–Crippen LogP) is 0.782. The molecule has 0 aliphatic carbocycles. The number of hydrogen-bond acceptors (Lipinski definition) is 4. The van der Waals surface area contributed by atoms with Gasteiger partial charge in [0.1, 0.15) is 0 Å². The molecule has 2 amide bonds. The number of nitrogens with one attached hydrogen (secondary N) is 2. The van der Waals surface area contributed by atoms with Gasteiger partial charge in [0.25, 0.3) is 0 Å². The van der Waals surface area contributed by atoms with Gasteiger partial charge in [-0.3, -0.25) is 19.9 Å². The first-order valence-electron chi connectivity index (χ1n) is 6.64. The van der Waals surface area contributed by atoms with Crippen molar-refractivity contribution in [3.05, 3.63) is 42.1 Å². The summed E-state index contributed by atoms with van der Waals surface area (Å²) in [7, 11) is 0. The number of amides is 2. The van der Waals surface area contributed by atoms with Crippen LogP contribution < -0.4 is 10.6 Å². The molecule has 5 heteroatoms. The average molecular weight is 269 g/mol. The fourth-order valence-corrected chi connectivity index (χ4v) is 2.47. The smallest absolute Gasteiger partial charge is 0.244 e. The molecule has 2 aromatic rings. The molecule has 0 spiro atoms. The summed E-state index contributed by atoms with van der Waals surface area (Å²) in [6.07, 6.45) is 2.78. The van der Waals surface area contributed by atoms with Gasteiger partial charge in [-0.15, -0.1) is 0 Å². The molecular formula is C15H15N3O2. The minimum atomic E-state index is -0.398. The molecule has 20 heavy (non-hydrogen) atoms. The molecule has 1 aliphatic heterocycles. The van der Waals surface area contributed by atoms with Gasteiger partial charge >= 0.3 is 0 Å². The highest BCUT2D eigenvalue weighted by molar-refractivity contribution is 6.05. The van der Waals surface area contributed by atoms with Gasteiger partial charge in [0.2, 0.25) is 11.8 Å². The zero-order valence-electron chi connectivity index (χ0n) is 10.9. The van der Waals surface area contributed by atoms with Crippen LogP contribution in [0.1, 0.15) is 12.0 Å². The lowest BCUT2D eigenvalue weighted by molar-refractivity contribution is -0.125. The monoisotopic (exact) mass is 269 g/mol. The van der Waals surface area contributed by atoms with E-state index >= 15 is 0 Å². The number of imide groups is 1. The SMILES string of the molecule is O=C1CC(NCCc2cccc3cccnc23)C(=O)N1. The van der Waals surface area contributed by atoms with Crippen molar-refractivity contribution in [2.45, 2.75) is 18.9 Å². The maximum Gasteiger partial charge on any atom is 0.244 e. The highest BCUT2D eigenvalue weighted by Crippen LogP contribution is 2.16. The molecule has 5 nitrogen and oxygen atoms in total. The Bertz CT molecular complexity index is 664. The second-order valence-electron chi connectivity index (χ2n) is 4.87.